The average molecular weight is 177 g/mol. The van der Waals surface area contributed by atoms with E-state index in [9.17, 15) is 4.79 Å². The molecule has 0 rings (SSSR count). The number of hydrogen-bond acceptors (Lipinski definition) is 4. The normalized spacial score (nSPS) is 9.67. The Balaban J connectivity index is 0. The Labute approximate surface area is 74.4 Å². The van der Waals surface area contributed by atoms with Crippen LogP contribution >= 0.6 is 0 Å². The highest BCUT2D eigenvalue weighted by Gasteiger charge is 2.04. The fourth-order valence-corrected chi connectivity index (χ4v) is 0.518. The van der Waals surface area contributed by atoms with Crippen LogP contribution in [0.15, 0.2) is 0 Å². The van der Waals surface area contributed by atoms with E-state index in [1.165, 1.54) is 13.8 Å². The minimum absolute atomic E-state index is 0.167. The molecule has 0 N–H and O–H groups in total. The van der Waals surface area contributed by atoms with Crippen molar-refractivity contribution < 1.29 is 14.3 Å². The number of methoxy groups -OCH3 is 2. The third-order valence-corrected chi connectivity index (χ3v) is 0.825. The molecule has 0 aromatic carbocycles. The van der Waals surface area contributed by atoms with Gasteiger partial charge in [0.05, 0.1) is 0 Å². The molecule has 0 unspecified atom stereocenters. The molecule has 0 radical (unpaired) electrons. The number of carbonyl (C=O) groups is 1. The summed E-state index contributed by atoms with van der Waals surface area (Å²) >= 11 is 0. The number of hydrogen-bond donors (Lipinski definition) is 0. The van der Waals surface area contributed by atoms with Crippen molar-refractivity contribution in [2.24, 2.45) is 0 Å². The number of rotatable bonds is 3. The number of ketones is 1. The molecule has 0 aromatic heterocycles. The Kier molecular flexibility index (Phi) is 10.2. The third-order valence-electron chi connectivity index (χ3n) is 0.825. The second-order valence-electron chi connectivity index (χ2n) is 2.65. The van der Waals surface area contributed by atoms with E-state index in [4.69, 9.17) is 9.47 Å². The van der Waals surface area contributed by atoms with Gasteiger partial charge in [-0.25, -0.2) is 0 Å². The van der Waals surface area contributed by atoms with Crippen LogP contribution in [-0.2, 0) is 14.3 Å². The molecule has 4 nitrogen and oxygen atoms in total. The lowest BCUT2D eigenvalue weighted by molar-refractivity contribution is -0.179. The Bertz CT molecular complexity index is 107. The van der Waals surface area contributed by atoms with Gasteiger partial charge in [0.1, 0.15) is 5.78 Å². The van der Waals surface area contributed by atoms with Crippen molar-refractivity contribution >= 4 is 5.78 Å². The summed E-state index contributed by atoms with van der Waals surface area (Å²) in [7, 11) is 6.98. The van der Waals surface area contributed by atoms with Gasteiger partial charge in [0, 0.05) is 14.2 Å². The molecular formula is C8H19NO3. The maximum atomic E-state index is 9.44. The van der Waals surface area contributed by atoms with E-state index >= 15 is 0 Å². The van der Waals surface area contributed by atoms with Crippen molar-refractivity contribution in [3.63, 3.8) is 0 Å². The van der Waals surface area contributed by atoms with E-state index in [2.05, 4.69) is 0 Å². The molecule has 0 saturated carbocycles. The molecule has 0 aliphatic carbocycles. The smallest absolute Gasteiger partial charge is 0.217 e. The van der Waals surface area contributed by atoms with E-state index in [1.807, 2.05) is 19.0 Å². The fraction of sp³-hybridized carbons (Fsp3) is 0.875. The summed E-state index contributed by atoms with van der Waals surface area (Å²) in [5.41, 5.74) is 0. The van der Waals surface area contributed by atoms with E-state index < -0.39 is 0 Å². The maximum absolute atomic E-state index is 9.44. The van der Waals surface area contributed by atoms with Crippen molar-refractivity contribution in [3.8, 4) is 0 Å². The highest BCUT2D eigenvalue weighted by atomic mass is 16.7. The van der Waals surface area contributed by atoms with Crippen LogP contribution in [0.1, 0.15) is 13.8 Å². The molecule has 0 aliphatic rings. The Hall–Kier alpha value is -0.450. The maximum Gasteiger partial charge on any atom is 0.217 e. The quantitative estimate of drug-likeness (QED) is 0.595. The largest absolute Gasteiger partial charge is 0.343 e. The average Bonchev–Trinajstić information content (AvgIpc) is 1.87. The van der Waals surface area contributed by atoms with Crippen LogP contribution in [0.25, 0.3) is 0 Å². The molecular weight excluding hydrogens is 158 g/mol. The van der Waals surface area contributed by atoms with Crippen LogP contribution in [0, 0.1) is 0 Å². The Morgan fingerprint density at radius 2 is 1.42 bits per heavy atom. The summed E-state index contributed by atoms with van der Waals surface area (Å²) in [6, 6.07) is 0. The van der Waals surface area contributed by atoms with Gasteiger partial charge in [0.25, 0.3) is 0 Å². The van der Waals surface area contributed by atoms with Gasteiger partial charge in [0.15, 0.2) is 0 Å². The molecule has 4 heteroatoms. The molecule has 74 valence electrons. The Morgan fingerprint density at radius 3 is 1.42 bits per heavy atom. The topological polar surface area (TPSA) is 38.8 Å². The van der Waals surface area contributed by atoms with Gasteiger partial charge in [-0.2, -0.15) is 0 Å². The molecule has 0 fully saturated rings. The van der Waals surface area contributed by atoms with E-state index in [1.54, 1.807) is 14.2 Å². The summed E-state index contributed by atoms with van der Waals surface area (Å²) in [6.45, 7) is 3.06. The standard InChI is InChI=1S/C5H13NO2.C3H6O/c1-6(2)5(7-3)8-4;1-3(2)4/h5H,1-4H3;1-2H3. The van der Waals surface area contributed by atoms with Gasteiger partial charge >= 0.3 is 0 Å². The van der Waals surface area contributed by atoms with Crippen molar-refractivity contribution in [3.05, 3.63) is 0 Å². The van der Waals surface area contributed by atoms with Gasteiger partial charge in [-0.3, -0.25) is 4.90 Å². The van der Waals surface area contributed by atoms with E-state index in [0.717, 1.165) is 0 Å². The Morgan fingerprint density at radius 1 is 1.17 bits per heavy atom. The first-order valence-electron chi connectivity index (χ1n) is 3.64. The number of ether oxygens (including phenoxy) is 2. The van der Waals surface area contributed by atoms with Crippen molar-refractivity contribution in [2.45, 2.75) is 20.3 Å². The molecule has 0 aliphatic heterocycles. The number of carbonyl (C=O) groups excluding carboxylic acids is 1. The van der Waals surface area contributed by atoms with Crippen molar-refractivity contribution in [1.29, 1.82) is 0 Å². The summed E-state index contributed by atoms with van der Waals surface area (Å²) in [5, 5.41) is 0. The number of Topliss-reactive ketones (excluding diaryl/α,β-unsaturated/α-hetero) is 1. The molecule has 0 atom stereocenters. The molecule has 0 amide bonds. The van der Waals surface area contributed by atoms with Crippen LogP contribution in [0.4, 0.5) is 0 Å². The molecule has 0 aromatic rings. The first-order chi connectivity index (χ1) is 5.45. The molecule has 12 heavy (non-hydrogen) atoms. The first-order valence-corrected chi connectivity index (χ1v) is 3.64. The monoisotopic (exact) mass is 177 g/mol. The van der Waals surface area contributed by atoms with Gasteiger partial charge in [-0.15, -0.1) is 0 Å². The van der Waals surface area contributed by atoms with Crippen LogP contribution in [0.2, 0.25) is 0 Å². The minimum Gasteiger partial charge on any atom is -0.343 e. The van der Waals surface area contributed by atoms with Crippen molar-refractivity contribution in [1.82, 2.24) is 4.90 Å². The van der Waals surface area contributed by atoms with Crippen molar-refractivity contribution in [2.75, 3.05) is 28.3 Å². The van der Waals surface area contributed by atoms with Gasteiger partial charge in [-0.05, 0) is 27.9 Å². The molecule has 0 bridgehead atoms. The highest BCUT2D eigenvalue weighted by Crippen LogP contribution is 1.91. The zero-order valence-corrected chi connectivity index (χ0v) is 8.75. The van der Waals surface area contributed by atoms with Crippen LogP contribution in [0.3, 0.4) is 0 Å². The lowest BCUT2D eigenvalue weighted by atomic mass is 10.6. The zero-order valence-electron chi connectivity index (χ0n) is 8.75. The number of nitrogens with zero attached hydrogens (tertiary/aromatic N) is 1. The molecule has 0 saturated heterocycles. The van der Waals surface area contributed by atoms with E-state index in [-0.39, 0.29) is 12.2 Å². The summed E-state index contributed by atoms with van der Waals surface area (Å²) in [6.07, 6.45) is -0.213. The van der Waals surface area contributed by atoms with Gasteiger partial charge in [0.2, 0.25) is 6.41 Å². The fourth-order valence-electron chi connectivity index (χ4n) is 0.518. The second-order valence-corrected chi connectivity index (χ2v) is 2.65. The van der Waals surface area contributed by atoms with Gasteiger partial charge in [-0.1, -0.05) is 0 Å². The SMILES string of the molecule is CC(C)=O.COC(OC)N(C)C. The third kappa shape index (κ3) is 12.2. The lowest BCUT2D eigenvalue weighted by Gasteiger charge is -2.19. The summed E-state index contributed by atoms with van der Waals surface area (Å²) in [4.78, 5) is 11.3. The van der Waals surface area contributed by atoms with E-state index in [0.29, 0.717) is 0 Å². The predicted octanol–water partition coefficient (Wildman–Crippen LogP) is 0.720. The summed E-state index contributed by atoms with van der Waals surface area (Å²) < 4.78 is 9.73. The van der Waals surface area contributed by atoms with Crippen LogP contribution in [0.5, 0.6) is 0 Å². The van der Waals surface area contributed by atoms with Crippen LogP contribution < -0.4 is 0 Å². The summed E-state index contributed by atoms with van der Waals surface area (Å²) in [5.74, 6) is 0.167. The predicted molar refractivity (Wildman–Crippen MR) is 47.8 cm³/mol. The second kappa shape index (κ2) is 8.64. The first kappa shape index (κ1) is 14.1. The minimum atomic E-state index is -0.213. The molecule has 0 heterocycles. The molecule has 0 spiro atoms. The van der Waals surface area contributed by atoms with Crippen LogP contribution in [-0.4, -0.2) is 45.4 Å². The van der Waals surface area contributed by atoms with Gasteiger partial charge < -0.3 is 14.3 Å². The zero-order chi connectivity index (χ0) is 10.1. The highest BCUT2D eigenvalue weighted by molar-refractivity contribution is 5.72. The lowest BCUT2D eigenvalue weighted by Crippen LogP contribution is -2.30.